The Morgan fingerprint density at radius 3 is 2.71 bits per heavy atom. The average molecular weight is 138 g/mol. The smallest absolute Gasteiger partial charge is 0.122 e. The summed E-state index contributed by atoms with van der Waals surface area (Å²) in [6, 6.07) is 0. The third-order valence-electron chi connectivity index (χ3n) is 0.420. The van der Waals surface area contributed by atoms with Gasteiger partial charge in [-0.05, 0) is 6.08 Å². The minimum atomic E-state index is 0.501. The fourth-order valence-electron chi connectivity index (χ4n) is 0.170. The molecule has 0 aromatic carbocycles. The van der Waals surface area contributed by atoms with Gasteiger partial charge < -0.3 is 0 Å². The molecule has 0 spiro atoms. The summed E-state index contributed by atoms with van der Waals surface area (Å²) in [5.74, 6) is 1.02. The lowest BCUT2D eigenvalue weighted by Gasteiger charge is -1.64. The zero-order chi connectivity index (χ0) is 5.54. The number of rotatable bonds is 3. The summed E-state index contributed by atoms with van der Waals surface area (Å²) in [4.78, 5) is 0. The van der Waals surface area contributed by atoms with Gasteiger partial charge in [0.15, 0.2) is 0 Å². The molecule has 0 N–H and O–H groups in total. The first-order valence-electron chi connectivity index (χ1n) is 1.87. The number of halogens is 1. The Bertz CT molecular complexity index is 72.1. The maximum atomic E-state index is 9.63. The predicted molar refractivity (Wildman–Crippen MR) is 32.8 cm³/mol. The van der Waals surface area contributed by atoms with Crippen LogP contribution in [0.1, 0.15) is 0 Å². The summed E-state index contributed by atoms with van der Waals surface area (Å²) in [5, 5.41) is 0. The predicted octanol–water partition coefficient (Wildman–Crippen LogP) is 1.21. The van der Waals surface area contributed by atoms with Gasteiger partial charge in [0.05, 0.1) is 0 Å². The molecule has 0 aromatic heterocycles. The van der Waals surface area contributed by atoms with E-state index in [4.69, 9.17) is 11.6 Å². The van der Waals surface area contributed by atoms with Gasteiger partial charge in [-0.1, -0.05) is 6.08 Å². The fraction of sp³-hybridized carbons (Fsp3) is 0.500. The Balaban J connectivity index is 2.92. The fourth-order valence-corrected chi connectivity index (χ4v) is 0.511. The summed E-state index contributed by atoms with van der Waals surface area (Å²) in [6.07, 6.45) is 3.51. The van der Waals surface area contributed by atoms with E-state index < -0.39 is 0 Å². The van der Waals surface area contributed by atoms with Crippen molar-refractivity contribution in [2.24, 2.45) is 0 Å². The second-order valence-electron chi connectivity index (χ2n) is 0.910. The van der Waals surface area contributed by atoms with Crippen molar-refractivity contribution in [2.75, 3.05) is 11.6 Å². The van der Waals surface area contributed by atoms with Gasteiger partial charge in [-0.25, -0.2) is 0 Å². The highest BCUT2D eigenvalue weighted by molar-refractivity contribution is 7.65. The molecule has 0 heterocycles. The van der Waals surface area contributed by atoms with Gasteiger partial charge in [-0.15, -0.1) is 11.6 Å². The van der Waals surface area contributed by atoms with E-state index in [1.165, 1.54) is 0 Å². The molecule has 0 aliphatic heterocycles. The van der Waals surface area contributed by atoms with E-state index in [2.05, 4.69) is 0 Å². The van der Waals surface area contributed by atoms with Crippen molar-refractivity contribution in [1.29, 1.82) is 0 Å². The zero-order valence-corrected chi connectivity index (χ0v) is 5.34. The molecule has 3 heteroatoms. The van der Waals surface area contributed by atoms with Crippen LogP contribution < -0.4 is 0 Å². The SMILES string of the molecule is O=[S+]C/C=C/CCl. The molecule has 0 saturated heterocycles. The molecule has 7 heavy (non-hydrogen) atoms. The molecule has 0 aliphatic rings. The third kappa shape index (κ3) is 6.05. The molecule has 0 atom stereocenters. The average Bonchev–Trinajstić information content (AvgIpc) is 1.69. The van der Waals surface area contributed by atoms with Crippen LogP contribution in [-0.2, 0) is 15.9 Å². The van der Waals surface area contributed by atoms with Gasteiger partial charge in [-0.2, -0.15) is 0 Å². The minimum Gasteiger partial charge on any atom is -0.122 e. The monoisotopic (exact) mass is 137 g/mol. The van der Waals surface area contributed by atoms with Gasteiger partial charge in [0.2, 0.25) is 5.75 Å². The van der Waals surface area contributed by atoms with E-state index >= 15 is 0 Å². The lowest BCUT2D eigenvalue weighted by atomic mass is 10.6. The Morgan fingerprint density at radius 2 is 2.29 bits per heavy atom. The topological polar surface area (TPSA) is 17.1 Å². The number of hydrogen-bond donors (Lipinski definition) is 0. The molecule has 0 radical (unpaired) electrons. The molecule has 40 valence electrons. The van der Waals surface area contributed by atoms with Gasteiger partial charge in [0.1, 0.15) is 0 Å². The van der Waals surface area contributed by atoms with Gasteiger partial charge in [0.25, 0.3) is 0 Å². The highest BCUT2D eigenvalue weighted by Gasteiger charge is 1.85. The lowest BCUT2D eigenvalue weighted by Crippen LogP contribution is -1.69. The van der Waals surface area contributed by atoms with Crippen LogP contribution in [0.3, 0.4) is 0 Å². The van der Waals surface area contributed by atoms with Crippen molar-refractivity contribution in [2.45, 2.75) is 0 Å². The van der Waals surface area contributed by atoms with Crippen LogP contribution in [0, 0.1) is 0 Å². The summed E-state index contributed by atoms with van der Waals surface area (Å²) < 4.78 is 9.63. The quantitative estimate of drug-likeness (QED) is 0.325. The van der Waals surface area contributed by atoms with Crippen LogP contribution in [0.15, 0.2) is 12.2 Å². The Morgan fingerprint density at radius 1 is 1.57 bits per heavy atom. The first-order valence-corrected chi connectivity index (χ1v) is 3.32. The molecule has 0 rings (SSSR count). The summed E-state index contributed by atoms with van der Waals surface area (Å²) in [5.41, 5.74) is 0. The number of alkyl halides is 1. The molecule has 0 unspecified atom stereocenters. The van der Waals surface area contributed by atoms with Crippen LogP contribution in [0.25, 0.3) is 0 Å². The molecule has 0 fully saturated rings. The van der Waals surface area contributed by atoms with E-state index in [1.807, 2.05) is 0 Å². The van der Waals surface area contributed by atoms with Crippen molar-refractivity contribution in [3.05, 3.63) is 12.2 Å². The van der Waals surface area contributed by atoms with Gasteiger partial charge in [0, 0.05) is 10.1 Å². The Labute approximate surface area is 51.9 Å². The van der Waals surface area contributed by atoms with E-state index in [9.17, 15) is 4.21 Å². The van der Waals surface area contributed by atoms with E-state index in [0.717, 1.165) is 0 Å². The number of hydrogen-bond acceptors (Lipinski definition) is 1. The molecule has 0 bridgehead atoms. The first-order chi connectivity index (χ1) is 3.41. The molecule has 0 amide bonds. The maximum Gasteiger partial charge on any atom is 0.463 e. The van der Waals surface area contributed by atoms with Crippen LogP contribution in [0.2, 0.25) is 0 Å². The maximum absolute atomic E-state index is 9.63. The summed E-state index contributed by atoms with van der Waals surface area (Å²) >= 11 is 5.79. The Kier molecular flexibility index (Phi) is 6.09. The normalized spacial score (nSPS) is 9.86. The van der Waals surface area contributed by atoms with Crippen LogP contribution in [-0.4, -0.2) is 11.6 Å². The van der Waals surface area contributed by atoms with E-state index in [1.54, 1.807) is 12.2 Å². The molecule has 0 saturated carbocycles. The highest BCUT2D eigenvalue weighted by Crippen LogP contribution is 1.76. The lowest BCUT2D eigenvalue weighted by molar-refractivity contribution is 0.606. The van der Waals surface area contributed by atoms with E-state index in [0.29, 0.717) is 23.3 Å². The van der Waals surface area contributed by atoms with Crippen molar-refractivity contribution in [3.63, 3.8) is 0 Å². The largest absolute Gasteiger partial charge is 0.463 e. The van der Waals surface area contributed by atoms with Crippen LogP contribution >= 0.6 is 11.6 Å². The van der Waals surface area contributed by atoms with E-state index in [-0.39, 0.29) is 0 Å². The van der Waals surface area contributed by atoms with Crippen LogP contribution in [0.5, 0.6) is 0 Å². The molecular formula is C4H6ClOS+. The Hall–Kier alpha value is 0.0500. The highest BCUT2D eigenvalue weighted by atomic mass is 35.5. The standard InChI is InChI=1S/C4H6ClOS/c5-3-1-2-4-7-6/h1-2H,3-4H2/q+1/b2-1+. The second-order valence-corrected chi connectivity index (χ2v) is 1.79. The zero-order valence-electron chi connectivity index (χ0n) is 3.76. The third-order valence-corrected chi connectivity index (χ3v) is 0.927. The molecule has 1 nitrogen and oxygen atoms in total. The van der Waals surface area contributed by atoms with Gasteiger partial charge in [-0.3, -0.25) is 0 Å². The summed E-state index contributed by atoms with van der Waals surface area (Å²) in [7, 11) is 0. The van der Waals surface area contributed by atoms with Crippen molar-refractivity contribution >= 4 is 23.3 Å². The van der Waals surface area contributed by atoms with Crippen molar-refractivity contribution in [3.8, 4) is 0 Å². The molecule has 0 aliphatic carbocycles. The minimum absolute atomic E-state index is 0.501. The second kappa shape index (κ2) is 6.05. The van der Waals surface area contributed by atoms with Crippen molar-refractivity contribution < 1.29 is 4.21 Å². The molecule has 0 aromatic rings. The van der Waals surface area contributed by atoms with Crippen LogP contribution in [0.4, 0.5) is 0 Å². The van der Waals surface area contributed by atoms with Gasteiger partial charge >= 0.3 is 11.7 Å². The molecular weight excluding hydrogens is 132 g/mol. The van der Waals surface area contributed by atoms with Crippen molar-refractivity contribution in [1.82, 2.24) is 0 Å². The first kappa shape index (κ1) is 7.05. The summed E-state index contributed by atoms with van der Waals surface area (Å²) in [6.45, 7) is 0. The number of allylic oxidation sites excluding steroid dienone is 1.